The molecule has 11 heteroatoms. The van der Waals surface area contributed by atoms with E-state index < -0.39 is 36.5 Å². The highest BCUT2D eigenvalue weighted by molar-refractivity contribution is 5.76. The van der Waals surface area contributed by atoms with Gasteiger partial charge in [0, 0.05) is 0 Å². The second-order valence-electron chi connectivity index (χ2n) is 11.5. The Morgan fingerprint density at radius 1 is 0.786 bits per heavy atom. The molecule has 0 saturated carbocycles. The van der Waals surface area contributed by atoms with Crippen molar-refractivity contribution in [3.8, 4) is 11.5 Å². The Morgan fingerprint density at radius 3 is 1.83 bits per heavy atom. The smallest absolute Gasteiger partial charge is 0.459 e. The van der Waals surface area contributed by atoms with Crippen LogP contribution in [0.2, 0.25) is 0 Å². The highest BCUT2D eigenvalue weighted by Crippen LogP contribution is 2.30. The maximum atomic E-state index is 12.7. The van der Waals surface area contributed by atoms with E-state index in [-0.39, 0.29) is 48.9 Å². The summed E-state index contributed by atoms with van der Waals surface area (Å²) >= 11 is 0. The zero-order valence-corrected chi connectivity index (χ0v) is 26.2. The van der Waals surface area contributed by atoms with Gasteiger partial charge in [0.1, 0.15) is 18.2 Å². The predicted molar refractivity (Wildman–Crippen MR) is 156 cm³/mol. The van der Waals surface area contributed by atoms with Crippen molar-refractivity contribution in [2.75, 3.05) is 13.2 Å². The van der Waals surface area contributed by atoms with E-state index in [9.17, 15) is 19.2 Å². The largest absolute Gasteiger partial charge is 0.513 e. The van der Waals surface area contributed by atoms with Crippen LogP contribution in [-0.4, -0.2) is 55.7 Å². The molecule has 0 heterocycles. The molecule has 0 radical (unpaired) electrons. The van der Waals surface area contributed by atoms with Gasteiger partial charge < -0.3 is 34.2 Å². The van der Waals surface area contributed by atoms with Gasteiger partial charge in [-0.05, 0) is 56.2 Å². The topological polar surface area (TPSA) is 150 Å². The molecule has 0 saturated heterocycles. The summed E-state index contributed by atoms with van der Waals surface area (Å²) in [6, 6.07) is 3.35. The molecule has 0 spiro atoms. The highest BCUT2D eigenvalue weighted by atomic mass is 16.7. The fourth-order valence-electron chi connectivity index (χ4n) is 3.58. The number of nitrogens with two attached hydrogens (primary N) is 1. The molecule has 238 valence electrons. The Labute approximate surface area is 249 Å². The summed E-state index contributed by atoms with van der Waals surface area (Å²) in [5.74, 6) is -1.23. The van der Waals surface area contributed by atoms with E-state index >= 15 is 0 Å². The number of ether oxygens (including phenoxy) is 6. The molecule has 42 heavy (non-hydrogen) atoms. The fourth-order valence-corrected chi connectivity index (χ4v) is 3.58. The SMILES string of the molecule is CCCCCOC(=O)Oc1ccc(C[C@H](N)C(=O)O[C@@H](C)C(C)OC(=O)CC(C)(C)C)cc1OC(=O)OCCCCC. The van der Waals surface area contributed by atoms with Crippen molar-refractivity contribution in [2.24, 2.45) is 11.1 Å². The quantitative estimate of drug-likeness (QED) is 0.0939. The lowest BCUT2D eigenvalue weighted by atomic mass is 9.92. The molecule has 0 bridgehead atoms. The second kappa shape index (κ2) is 19.0. The molecule has 0 amide bonds. The van der Waals surface area contributed by atoms with Gasteiger partial charge in [0.15, 0.2) is 11.5 Å². The lowest BCUT2D eigenvalue weighted by Gasteiger charge is -2.24. The minimum absolute atomic E-state index is 0.0212. The Hall–Kier alpha value is -3.34. The van der Waals surface area contributed by atoms with Crippen molar-refractivity contribution in [3.63, 3.8) is 0 Å². The van der Waals surface area contributed by atoms with Crippen LogP contribution in [0.4, 0.5) is 9.59 Å². The Morgan fingerprint density at radius 2 is 1.31 bits per heavy atom. The van der Waals surface area contributed by atoms with E-state index in [4.69, 9.17) is 34.2 Å². The van der Waals surface area contributed by atoms with Crippen LogP contribution in [0.3, 0.4) is 0 Å². The van der Waals surface area contributed by atoms with Crippen LogP contribution in [0.1, 0.15) is 99.0 Å². The Balaban J connectivity index is 2.88. The second-order valence-corrected chi connectivity index (χ2v) is 11.5. The van der Waals surface area contributed by atoms with E-state index in [1.807, 2.05) is 34.6 Å². The van der Waals surface area contributed by atoms with Gasteiger partial charge in [0.05, 0.1) is 19.6 Å². The molecular formula is C31H49NO10. The molecule has 0 aliphatic rings. The van der Waals surface area contributed by atoms with Gasteiger partial charge in [-0.1, -0.05) is 66.4 Å². The molecule has 0 fully saturated rings. The lowest BCUT2D eigenvalue weighted by molar-refractivity contribution is -0.167. The summed E-state index contributed by atoms with van der Waals surface area (Å²) in [6.45, 7) is 13.5. The molecule has 0 aromatic heterocycles. The van der Waals surface area contributed by atoms with E-state index in [1.54, 1.807) is 19.9 Å². The fraction of sp³-hybridized carbons (Fsp3) is 0.677. The summed E-state index contributed by atoms with van der Waals surface area (Å²) in [7, 11) is 0. The first kappa shape index (κ1) is 36.7. The number of hydrogen-bond acceptors (Lipinski definition) is 11. The van der Waals surface area contributed by atoms with Crippen molar-refractivity contribution in [1.29, 1.82) is 0 Å². The number of benzene rings is 1. The van der Waals surface area contributed by atoms with Crippen molar-refractivity contribution in [1.82, 2.24) is 0 Å². The third-order valence-electron chi connectivity index (χ3n) is 6.04. The molecule has 2 N–H and O–H groups in total. The van der Waals surface area contributed by atoms with E-state index in [2.05, 4.69) is 0 Å². The van der Waals surface area contributed by atoms with Gasteiger partial charge in [0.25, 0.3) is 0 Å². The first-order valence-electron chi connectivity index (χ1n) is 14.7. The summed E-state index contributed by atoms with van der Waals surface area (Å²) in [5, 5.41) is 0. The van der Waals surface area contributed by atoms with Crippen LogP contribution in [0, 0.1) is 5.41 Å². The van der Waals surface area contributed by atoms with Gasteiger partial charge in [-0.25, -0.2) is 9.59 Å². The molecule has 0 aliphatic heterocycles. The van der Waals surface area contributed by atoms with E-state index in [0.29, 0.717) is 18.4 Å². The minimum atomic E-state index is -1.07. The third kappa shape index (κ3) is 15.6. The van der Waals surface area contributed by atoms with Crippen LogP contribution in [0.5, 0.6) is 11.5 Å². The molecule has 1 rings (SSSR count). The van der Waals surface area contributed by atoms with Gasteiger partial charge >= 0.3 is 24.2 Å². The van der Waals surface area contributed by atoms with Crippen molar-refractivity contribution >= 4 is 24.2 Å². The summed E-state index contributed by atoms with van der Waals surface area (Å²) < 4.78 is 31.6. The van der Waals surface area contributed by atoms with Crippen LogP contribution >= 0.6 is 0 Å². The van der Waals surface area contributed by atoms with Gasteiger partial charge in [-0.3, -0.25) is 9.59 Å². The molecule has 3 atom stereocenters. The van der Waals surface area contributed by atoms with Gasteiger partial charge in [0.2, 0.25) is 0 Å². The lowest BCUT2D eigenvalue weighted by Crippen LogP contribution is -2.39. The average molecular weight is 596 g/mol. The number of carbonyl (C=O) groups is 4. The predicted octanol–water partition coefficient (Wildman–Crippen LogP) is 6.27. The number of esters is 2. The normalized spacial score (nSPS) is 13.3. The van der Waals surface area contributed by atoms with Crippen molar-refractivity contribution < 1.29 is 47.6 Å². The average Bonchev–Trinajstić information content (AvgIpc) is 2.89. The van der Waals surface area contributed by atoms with Crippen molar-refractivity contribution in [3.05, 3.63) is 23.8 Å². The molecule has 1 aromatic rings. The summed E-state index contributed by atoms with van der Waals surface area (Å²) in [4.78, 5) is 49.3. The highest BCUT2D eigenvalue weighted by Gasteiger charge is 2.26. The zero-order chi connectivity index (χ0) is 31.7. The number of carbonyl (C=O) groups excluding carboxylic acids is 4. The summed E-state index contributed by atoms with van der Waals surface area (Å²) in [5.41, 5.74) is 6.38. The first-order chi connectivity index (χ1) is 19.7. The van der Waals surface area contributed by atoms with Crippen LogP contribution in [0.25, 0.3) is 0 Å². The monoisotopic (exact) mass is 595 g/mol. The summed E-state index contributed by atoms with van der Waals surface area (Å²) in [6.07, 6.45) is 2.06. The molecular weight excluding hydrogens is 546 g/mol. The molecule has 0 aliphatic carbocycles. The van der Waals surface area contributed by atoms with E-state index in [0.717, 1.165) is 25.7 Å². The maximum absolute atomic E-state index is 12.7. The number of hydrogen-bond donors (Lipinski definition) is 1. The van der Waals surface area contributed by atoms with Crippen LogP contribution in [0.15, 0.2) is 18.2 Å². The standard InChI is InChI=1S/C31H49NO10/c1-8-10-12-16-37-29(35)41-25-15-14-23(19-26(25)42-30(36)38-17-13-11-9-2)18-24(32)28(34)40-22(4)21(3)39-27(33)20-31(5,6)7/h14-15,19,21-22,24H,8-13,16-18,20,32H2,1-7H3/t21?,22-,24-/m0/s1. The van der Waals surface area contributed by atoms with Gasteiger partial charge in [-0.15, -0.1) is 0 Å². The zero-order valence-electron chi connectivity index (χ0n) is 26.2. The molecule has 11 nitrogen and oxygen atoms in total. The third-order valence-corrected chi connectivity index (χ3v) is 6.04. The van der Waals surface area contributed by atoms with Crippen molar-refractivity contribution in [2.45, 2.75) is 118 Å². The van der Waals surface area contributed by atoms with Gasteiger partial charge in [-0.2, -0.15) is 0 Å². The van der Waals surface area contributed by atoms with Crippen LogP contribution < -0.4 is 15.2 Å². The maximum Gasteiger partial charge on any atom is 0.513 e. The Bertz CT molecular complexity index is 1000. The Kier molecular flexibility index (Phi) is 16.6. The number of rotatable bonds is 17. The molecule has 1 aromatic carbocycles. The number of unbranched alkanes of at least 4 members (excludes halogenated alkanes) is 4. The van der Waals surface area contributed by atoms with E-state index in [1.165, 1.54) is 12.1 Å². The molecule has 1 unspecified atom stereocenters. The van der Waals surface area contributed by atoms with Crippen LogP contribution in [-0.2, 0) is 35.0 Å². The minimum Gasteiger partial charge on any atom is -0.459 e. The first-order valence-corrected chi connectivity index (χ1v) is 14.7.